The van der Waals surface area contributed by atoms with Crippen LogP contribution in [0.4, 0.5) is 15.3 Å². The summed E-state index contributed by atoms with van der Waals surface area (Å²) in [6.07, 6.45) is -1.72. The minimum absolute atomic E-state index is 0.000444. The second kappa shape index (κ2) is 7.42. The van der Waals surface area contributed by atoms with Crippen LogP contribution in [0.25, 0.3) is 0 Å². The van der Waals surface area contributed by atoms with Crippen molar-refractivity contribution in [2.24, 2.45) is 0 Å². The molecule has 138 valence electrons. The lowest BCUT2D eigenvalue weighted by molar-refractivity contribution is 0.0559. The average molecular weight is 351 g/mol. The Hall–Kier alpha value is -2.77. The van der Waals surface area contributed by atoms with Crippen molar-refractivity contribution in [2.75, 3.05) is 4.90 Å². The van der Waals surface area contributed by atoms with Gasteiger partial charge < -0.3 is 14.6 Å². The summed E-state index contributed by atoms with van der Waals surface area (Å²) in [4.78, 5) is 25.2. The maximum absolute atomic E-state index is 12.5. The van der Waals surface area contributed by atoms with E-state index in [0.29, 0.717) is 0 Å². The number of benzene rings is 1. The molecule has 0 heterocycles. The largest absolute Gasteiger partial charge is 0.508 e. The highest BCUT2D eigenvalue weighted by Crippen LogP contribution is 2.21. The Balaban J connectivity index is 3.05. The number of guanidine groups is 1. The highest BCUT2D eigenvalue weighted by atomic mass is 16.6. The van der Waals surface area contributed by atoms with Crippen LogP contribution < -0.4 is 10.2 Å². The Kier molecular flexibility index (Phi) is 6.01. The molecule has 1 rings (SSSR count). The fourth-order valence-electron chi connectivity index (χ4n) is 1.69. The van der Waals surface area contributed by atoms with Gasteiger partial charge in [0.05, 0.1) is 5.69 Å². The maximum Gasteiger partial charge on any atom is 0.421 e. The lowest BCUT2D eigenvalue weighted by Gasteiger charge is -2.28. The molecule has 0 aliphatic rings. The van der Waals surface area contributed by atoms with Crippen LogP contribution in [0.1, 0.15) is 41.5 Å². The number of alkyl carbamates (subject to hydrolysis) is 1. The second-order valence-corrected chi connectivity index (χ2v) is 7.31. The predicted octanol–water partition coefficient (Wildman–Crippen LogP) is 3.59. The first-order valence-electron chi connectivity index (χ1n) is 7.69. The van der Waals surface area contributed by atoms with E-state index >= 15 is 0 Å². The molecular weight excluding hydrogens is 326 g/mol. The number of carbonyl (C=O) groups excluding carboxylic acids is 2. The second-order valence-electron chi connectivity index (χ2n) is 7.31. The van der Waals surface area contributed by atoms with Gasteiger partial charge in [-0.25, -0.2) is 14.5 Å². The van der Waals surface area contributed by atoms with E-state index in [1.54, 1.807) is 41.5 Å². The number of rotatable bonds is 1. The van der Waals surface area contributed by atoms with Crippen LogP contribution in [-0.4, -0.2) is 34.5 Å². The number of nitrogens with zero attached hydrogens (tertiary/aromatic N) is 1. The van der Waals surface area contributed by atoms with Gasteiger partial charge in [0.2, 0.25) is 5.96 Å². The summed E-state index contributed by atoms with van der Waals surface area (Å²) >= 11 is 0. The molecule has 1 aromatic rings. The number of aromatic hydroxyl groups is 1. The van der Waals surface area contributed by atoms with Gasteiger partial charge in [-0.05, 0) is 65.8 Å². The molecule has 0 radical (unpaired) electrons. The predicted molar refractivity (Wildman–Crippen MR) is 93.9 cm³/mol. The molecule has 0 spiro atoms. The monoisotopic (exact) mass is 351 g/mol. The topological polar surface area (TPSA) is 112 Å². The molecule has 25 heavy (non-hydrogen) atoms. The van der Waals surface area contributed by atoms with Crippen LogP contribution in [0.2, 0.25) is 0 Å². The Bertz CT molecular complexity index is 642. The molecule has 0 bridgehead atoms. The van der Waals surface area contributed by atoms with Gasteiger partial charge >= 0.3 is 12.2 Å². The third-order valence-electron chi connectivity index (χ3n) is 2.53. The molecule has 0 saturated heterocycles. The number of anilines is 1. The molecule has 2 amide bonds. The SMILES string of the molecule is CC(C)(C)OC(=O)NC(=N)N(C(=O)OC(C)(C)C)c1ccc(O)cc1. The van der Waals surface area contributed by atoms with Crippen molar-refractivity contribution in [1.82, 2.24) is 5.32 Å². The van der Waals surface area contributed by atoms with Gasteiger partial charge in [0.25, 0.3) is 0 Å². The highest BCUT2D eigenvalue weighted by Gasteiger charge is 2.29. The number of nitrogens with one attached hydrogen (secondary N) is 2. The molecule has 0 atom stereocenters. The Morgan fingerprint density at radius 3 is 1.92 bits per heavy atom. The van der Waals surface area contributed by atoms with Gasteiger partial charge in [-0.3, -0.25) is 10.7 Å². The maximum atomic E-state index is 12.5. The van der Waals surface area contributed by atoms with Crippen molar-refractivity contribution in [1.29, 1.82) is 5.41 Å². The molecular formula is C17H25N3O5. The van der Waals surface area contributed by atoms with Gasteiger partial charge in [0.1, 0.15) is 17.0 Å². The lowest BCUT2D eigenvalue weighted by atomic mass is 10.2. The van der Waals surface area contributed by atoms with E-state index < -0.39 is 29.3 Å². The van der Waals surface area contributed by atoms with Gasteiger partial charge in [0, 0.05) is 0 Å². The van der Waals surface area contributed by atoms with E-state index in [1.807, 2.05) is 0 Å². The zero-order valence-electron chi connectivity index (χ0n) is 15.3. The fraction of sp³-hybridized carbons (Fsp3) is 0.471. The van der Waals surface area contributed by atoms with Crippen molar-refractivity contribution in [3.8, 4) is 5.75 Å². The summed E-state index contributed by atoms with van der Waals surface area (Å²) in [5, 5.41) is 19.7. The summed E-state index contributed by atoms with van der Waals surface area (Å²) in [6, 6.07) is 5.55. The molecule has 8 heteroatoms. The Morgan fingerprint density at radius 1 is 1.00 bits per heavy atom. The van der Waals surface area contributed by atoms with Gasteiger partial charge in [-0.2, -0.15) is 0 Å². The standard InChI is InChI=1S/C17H25N3O5/c1-16(2,3)24-14(22)19-13(18)20(15(23)25-17(4,5)6)11-7-9-12(21)10-8-11/h7-10,21H,1-6H3,(H2,18,19,22). The number of hydrogen-bond donors (Lipinski definition) is 3. The van der Waals surface area contributed by atoms with Crippen LogP contribution in [0.15, 0.2) is 24.3 Å². The first-order chi connectivity index (χ1) is 11.3. The minimum Gasteiger partial charge on any atom is -0.508 e. The van der Waals surface area contributed by atoms with E-state index in [1.165, 1.54) is 24.3 Å². The van der Waals surface area contributed by atoms with E-state index in [-0.39, 0.29) is 11.4 Å². The Morgan fingerprint density at radius 2 is 1.48 bits per heavy atom. The van der Waals surface area contributed by atoms with Crippen LogP contribution in [0, 0.1) is 5.41 Å². The van der Waals surface area contributed by atoms with Crippen LogP contribution in [-0.2, 0) is 9.47 Å². The van der Waals surface area contributed by atoms with E-state index in [2.05, 4.69) is 5.32 Å². The molecule has 0 aliphatic heterocycles. The minimum atomic E-state index is -0.871. The van der Waals surface area contributed by atoms with E-state index in [4.69, 9.17) is 14.9 Å². The highest BCUT2D eigenvalue weighted by molar-refractivity contribution is 6.15. The number of hydrogen-bond acceptors (Lipinski definition) is 6. The number of carbonyl (C=O) groups is 2. The number of phenols is 1. The molecule has 0 unspecified atom stereocenters. The molecule has 0 fully saturated rings. The smallest absolute Gasteiger partial charge is 0.421 e. The van der Waals surface area contributed by atoms with Crippen molar-refractivity contribution < 1.29 is 24.2 Å². The lowest BCUT2D eigenvalue weighted by Crippen LogP contribution is -2.49. The summed E-state index contributed by atoms with van der Waals surface area (Å²) in [6.45, 7) is 10.1. The molecule has 0 aromatic heterocycles. The van der Waals surface area contributed by atoms with Gasteiger partial charge in [0.15, 0.2) is 0 Å². The third-order valence-corrected chi connectivity index (χ3v) is 2.53. The van der Waals surface area contributed by atoms with Crippen molar-refractivity contribution >= 4 is 23.8 Å². The number of phenolic OH excluding ortho intramolecular Hbond substituents is 1. The first kappa shape index (κ1) is 20.3. The number of ether oxygens (including phenoxy) is 2. The van der Waals surface area contributed by atoms with Crippen molar-refractivity contribution in [3.05, 3.63) is 24.3 Å². The van der Waals surface area contributed by atoms with Crippen LogP contribution in [0.5, 0.6) is 5.75 Å². The fourth-order valence-corrected chi connectivity index (χ4v) is 1.69. The quantitative estimate of drug-likeness (QED) is 0.529. The third kappa shape index (κ3) is 7.11. The van der Waals surface area contributed by atoms with Crippen LogP contribution in [0.3, 0.4) is 0 Å². The zero-order chi connectivity index (χ0) is 19.4. The first-order valence-corrected chi connectivity index (χ1v) is 7.69. The summed E-state index contributed by atoms with van der Waals surface area (Å²) in [5.41, 5.74) is -1.30. The zero-order valence-corrected chi connectivity index (χ0v) is 15.3. The molecule has 0 aliphatic carbocycles. The Labute approximate surface area is 147 Å². The average Bonchev–Trinajstić information content (AvgIpc) is 2.36. The molecule has 3 N–H and O–H groups in total. The normalized spacial score (nSPS) is 11.4. The van der Waals surface area contributed by atoms with Crippen molar-refractivity contribution in [2.45, 2.75) is 52.7 Å². The van der Waals surface area contributed by atoms with E-state index in [9.17, 15) is 14.7 Å². The van der Waals surface area contributed by atoms with Gasteiger partial charge in [-0.1, -0.05) is 0 Å². The van der Waals surface area contributed by atoms with Gasteiger partial charge in [-0.15, -0.1) is 0 Å². The summed E-state index contributed by atoms with van der Waals surface area (Å²) in [5.74, 6) is -0.534. The van der Waals surface area contributed by atoms with Crippen molar-refractivity contribution in [3.63, 3.8) is 0 Å². The van der Waals surface area contributed by atoms with Crippen LogP contribution >= 0.6 is 0 Å². The van der Waals surface area contributed by atoms with E-state index in [0.717, 1.165) is 4.90 Å². The molecule has 1 aromatic carbocycles. The summed E-state index contributed by atoms with van der Waals surface area (Å²) < 4.78 is 10.4. The molecule has 0 saturated carbocycles. The summed E-state index contributed by atoms with van der Waals surface area (Å²) in [7, 11) is 0. The number of amides is 2. The molecule has 8 nitrogen and oxygen atoms in total.